The first-order valence-corrected chi connectivity index (χ1v) is 11.0. The number of ether oxygens (including phenoxy) is 2. The van der Waals surface area contributed by atoms with Gasteiger partial charge in [0, 0.05) is 5.56 Å². The number of nitrogens with zero attached hydrogens (tertiary/aromatic N) is 1. The van der Waals surface area contributed by atoms with E-state index in [4.69, 9.17) is 9.47 Å². The van der Waals surface area contributed by atoms with Crippen LogP contribution in [0, 0.1) is 35.5 Å². The van der Waals surface area contributed by atoms with Gasteiger partial charge in [-0.2, -0.15) is 0 Å². The van der Waals surface area contributed by atoms with Crippen LogP contribution in [0.25, 0.3) is 0 Å². The van der Waals surface area contributed by atoms with Crippen molar-refractivity contribution in [2.24, 2.45) is 35.5 Å². The summed E-state index contributed by atoms with van der Waals surface area (Å²) in [5.74, 6) is 2.07. The van der Waals surface area contributed by atoms with Crippen molar-refractivity contribution < 1.29 is 23.9 Å². The summed E-state index contributed by atoms with van der Waals surface area (Å²) in [5.41, 5.74) is 1.11. The second-order valence-electron chi connectivity index (χ2n) is 9.10. The Labute approximate surface area is 185 Å². The lowest BCUT2D eigenvalue weighted by molar-refractivity contribution is -0.124. The summed E-state index contributed by atoms with van der Waals surface area (Å²) < 4.78 is 10.7. The number of amides is 2. The SMILES string of the molecule is COc1ccc(C(=O)COc2ccc(N3C(=O)[C@@H]4[C@H]5C=C[C@@H]([C@@H]6C[C@H]56)[C@H]4C3=O)cc2)cc1. The van der Waals surface area contributed by atoms with Gasteiger partial charge in [-0.25, -0.2) is 0 Å². The van der Waals surface area contributed by atoms with Crippen molar-refractivity contribution in [1.82, 2.24) is 0 Å². The molecule has 6 heteroatoms. The third-order valence-corrected chi connectivity index (χ3v) is 7.54. The normalized spacial score (nSPS) is 31.3. The van der Waals surface area contributed by atoms with Gasteiger partial charge >= 0.3 is 0 Å². The topological polar surface area (TPSA) is 72.9 Å². The minimum absolute atomic E-state index is 0.0759. The molecule has 0 spiro atoms. The number of ketones is 1. The van der Waals surface area contributed by atoms with E-state index in [-0.39, 0.29) is 47.9 Å². The van der Waals surface area contributed by atoms with Gasteiger partial charge in [-0.3, -0.25) is 19.3 Å². The number of methoxy groups -OCH3 is 1. The van der Waals surface area contributed by atoms with Gasteiger partial charge in [0.15, 0.2) is 12.4 Å². The Morgan fingerprint density at radius 3 is 2.00 bits per heavy atom. The average molecular weight is 429 g/mol. The molecule has 6 nitrogen and oxygen atoms in total. The maximum Gasteiger partial charge on any atom is 0.238 e. The van der Waals surface area contributed by atoms with E-state index < -0.39 is 0 Å². The smallest absolute Gasteiger partial charge is 0.238 e. The number of benzene rings is 2. The molecule has 2 aromatic rings. The molecule has 0 aromatic heterocycles. The summed E-state index contributed by atoms with van der Waals surface area (Å²) in [7, 11) is 1.57. The monoisotopic (exact) mass is 429 g/mol. The van der Waals surface area contributed by atoms with Crippen LogP contribution in [0.1, 0.15) is 16.8 Å². The average Bonchev–Trinajstić information content (AvgIpc) is 3.61. The van der Waals surface area contributed by atoms with Crippen molar-refractivity contribution in [1.29, 1.82) is 0 Å². The van der Waals surface area contributed by atoms with Gasteiger partial charge in [0.2, 0.25) is 11.8 Å². The summed E-state index contributed by atoms with van der Waals surface area (Å²) in [4.78, 5) is 40.1. The van der Waals surface area contributed by atoms with E-state index in [0.29, 0.717) is 34.6 Å². The van der Waals surface area contributed by atoms with Crippen molar-refractivity contribution in [2.45, 2.75) is 6.42 Å². The molecule has 5 aliphatic rings. The van der Waals surface area contributed by atoms with Crippen LogP contribution in [0.2, 0.25) is 0 Å². The molecule has 7 rings (SSSR count). The summed E-state index contributed by atoms with van der Waals surface area (Å²) >= 11 is 0. The molecule has 2 saturated carbocycles. The van der Waals surface area contributed by atoms with E-state index in [9.17, 15) is 14.4 Å². The van der Waals surface area contributed by atoms with E-state index in [1.807, 2.05) is 0 Å². The molecule has 1 aliphatic heterocycles. The summed E-state index contributed by atoms with van der Waals surface area (Å²) in [6, 6.07) is 13.7. The quantitative estimate of drug-likeness (QED) is 0.399. The molecule has 4 aliphatic carbocycles. The fraction of sp³-hybridized carbons (Fsp3) is 0.346. The minimum Gasteiger partial charge on any atom is -0.497 e. The van der Waals surface area contributed by atoms with Crippen molar-refractivity contribution in [3.8, 4) is 11.5 Å². The number of imide groups is 1. The lowest BCUT2D eigenvalue weighted by Crippen LogP contribution is -2.40. The molecule has 2 bridgehead atoms. The van der Waals surface area contributed by atoms with Crippen LogP contribution < -0.4 is 14.4 Å². The first kappa shape index (κ1) is 19.3. The molecule has 0 radical (unpaired) electrons. The number of Topliss-reactive ketones (excluding diaryl/α,β-unsaturated/α-hetero) is 1. The van der Waals surface area contributed by atoms with Gasteiger partial charge in [0.1, 0.15) is 11.5 Å². The van der Waals surface area contributed by atoms with Gasteiger partial charge in [0.05, 0.1) is 24.6 Å². The zero-order valence-corrected chi connectivity index (χ0v) is 17.6. The van der Waals surface area contributed by atoms with Gasteiger partial charge in [0.25, 0.3) is 0 Å². The van der Waals surface area contributed by atoms with Crippen molar-refractivity contribution >= 4 is 23.3 Å². The molecule has 162 valence electrons. The first-order chi connectivity index (χ1) is 15.6. The molecule has 0 unspecified atom stereocenters. The fourth-order valence-electron chi connectivity index (χ4n) is 5.91. The number of carbonyl (C=O) groups excluding carboxylic acids is 3. The Morgan fingerprint density at radius 1 is 0.875 bits per heavy atom. The molecule has 6 atom stereocenters. The fourth-order valence-corrected chi connectivity index (χ4v) is 5.91. The first-order valence-electron chi connectivity index (χ1n) is 11.0. The van der Waals surface area contributed by atoms with E-state index in [1.165, 1.54) is 4.90 Å². The molecule has 2 amide bonds. The molecular weight excluding hydrogens is 406 g/mol. The highest BCUT2D eigenvalue weighted by Gasteiger charge is 2.67. The molecule has 0 N–H and O–H groups in total. The maximum atomic E-state index is 13.2. The Hall–Kier alpha value is -3.41. The van der Waals surface area contributed by atoms with Gasteiger partial charge in [-0.05, 0) is 78.6 Å². The zero-order chi connectivity index (χ0) is 22.0. The predicted molar refractivity (Wildman–Crippen MR) is 116 cm³/mol. The van der Waals surface area contributed by atoms with Crippen molar-refractivity contribution in [3.63, 3.8) is 0 Å². The molecule has 3 fully saturated rings. The van der Waals surface area contributed by atoms with Gasteiger partial charge < -0.3 is 9.47 Å². The van der Waals surface area contributed by atoms with E-state index in [0.717, 1.165) is 6.42 Å². The van der Waals surface area contributed by atoms with Crippen LogP contribution in [0.4, 0.5) is 5.69 Å². The van der Waals surface area contributed by atoms with Crippen LogP contribution in [0.3, 0.4) is 0 Å². The van der Waals surface area contributed by atoms with Crippen molar-refractivity contribution in [3.05, 3.63) is 66.2 Å². The minimum atomic E-state index is -0.209. The summed E-state index contributed by atoms with van der Waals surface area (Å²) in [6.45, 7) is -0.102. The number of hydrogen-bond donors (Lipinski definition) is 0. The second kappa shape index (κ2) is 7.05. The summed E-state index contributed by atoms with van der Waals surface area (Å²) in [6.07, 6.45) is 5.49. The van der Waals surface area contributed by atoms with E-state index in [2.05, 4.69) is 12.2 Å². The highest BCUT2D eigenvalue weighted by atomic mass is 16.5. The molecule has 1 heterocycles. The Bertz CT molecular complexity index is 1100. The van der Waals surface area contributed by atoms with Gasteiger partial charge in [-0.15, -0.1) is 0 Å². The standard InChI is InChI=1S/C26H23NO5/c1-31-16-6-2-14(3-7-16)22(28)13-32-17-8-4-15(5-9-17)27-25(29)23-18-10-11-19(21-12-20(18)21)24(23)26(27)30/h2-11,18-21,23-24H,12-13H2,1H3/t18-,19-,20-,21+,23+,24+/m0/s1. The van der Waals surface area contributed by atoms with Crippen LogP contribution in [0.5, 0.6) is 11.5 Å². The predicted octanol–water partition coefficient (Wildman–Crippen LogP) is 3.51. The highest BCUT2D eigenvalue weighted by molar-refractivity contribution is 6.22. The number of carbonyl (C=O) groups is 3. The number of allylic oxidation sites excluding steroid dienone is 2. The highest BCUT2D eigenvalue weighted by Crippen LogP contribution is 2.65. The Kier molecular flexibility index (Phi) is 4.25. The second-order valence-corrected chi connectivity index (χ2v) is 9.10. The molecule has 32 heavy (non-hydrogen) atoms. The number of rotatable bonds is 6. The van der Waals surface area contributed by atoms with Crippen LogP contribution >= 0.6 is 0 Å². The lowest BCUT2D eigenvalue weighted by Gasteiger charge is -2.37. The summed E-state index contributed by atoms with van der Waals surface area (Å²) in [5, 5.41) is 0. The van der Waals surface area contributed by atoms with E-state index >= 15 is 0 Å². The molecule has 1 saturated heterocycles. The largest absolute Gasteiger partial charge is 0.497 e. The molecule has 2 aromatic carbocycles. The zero-order valence-electron chi connectivity index (χ0n) is 17.6. The van der Waals surface area contributed by atoms with Crippen LogP contribution in [0.15, 0.2) is 60.7 Å². The lowest BCUT2D eigenvalue weighted by atomic mass is 9.63. The number of anilines is 1. The molecular formula is C26H23NO5. The number of hydrogen-bond acceptors (Lipinski definition) is 5. The maximum absolute atomic E-state index is 13.2. The van der Waals surface area contributed by atoms with E-state index in [1.54, 1.807) is 55.6 Å². The van der Waals surface area contributed by atoms with Crippen LogP contribution in [-0.4, -0.2) is 31.3 Å². The Balaban J connectivity index is 1.14. The van der Waals surface area contributed by atoms with Crippen molar-refractivity contribution in [2.75, 3.05) is 18.6 Å². The van der Waals surface area contributed by atoms with Crippen LogP contribution in [-0.2, 0) is 9.59 Å². The van der Waals surface area contributed by atoms with Gasteiger partial charge in [-0.1, -0.05) is 12.2 Å². The Morgan fingerprint density at radius 2 is 1.44 bits per heavy atom. The third-order valence-electron chi connectivity index (χ3n) is 7.54. The third kappa shape index (κ3) is 2.82.